The Morgan fingerprint density at radius 2 is 1.89 bits per heavy atom. The van der Waals surface area contributed by atoms with Crippen LogP contribution >= 0.6 is 0 Å². The minimum atomic E-state index is 0.731. The van der Waals surface area contributed by atoms with Gasteiger partial charge in [0.15, 0.2) is 5.76 Å². The second-order valence-electron chi connectivity index (χ2n) is 4.21. The van der Waals surface area contributed by atoms with Crippen LogP contribution in [0.5, 0.6) is 0 Å². The highest BCUT2D eigenvalue weighted by Gasteiger charge is 1.87. The van der Waals surface area contributed by atoms with Gasteiger partial charge in [0.1, 0.15) is 0 Å². The van der Waals surface area contributed by atoms with E-state index in [0.29, 0.717) is 0 Å². The van der Waals surface area contributed by atoms with Gasteiger partial charge in [-0.15, -0.1) is 13.2 Å². The van der Waals surface area contributed by atoms with Crippen molar-refractivity contribution in [1.82, 2.24) is 0 Å². The van der Waals surface area contributed by atoms with Crippen molar-refractivity contribution in [1.29, 1.82) is 0 Å². The lowest BCUT2D eigenvalue weighted by molar-refractivity contribution is 0.554. The van der Waals surface area contributed by atoms with Crippen LogP contribution in [0.2, 0.25) is 0 Å². The summed E-state index contributed by atoms with van der Waals surface area (Å²) in [5.74, 6) is 6.65. The van der Waals surface area contributed by atoms with Crippen LogP contribution in [0.3, 0.4) is 0 Å². The molecule has 0 aliphatic rings. The molecule has 0 amide bonds. The Bertz CT molecular complexity index is 362. The molecule has 0 fully saturated rings. The molecule has 0 radical (unpaired) electrons. The predicted molar refractivity (Wildman–Crippen MR) is 84.0 cm³/mol. The molecule has 0 aliphatic heterocycles. The van der Waals surface area contributed by atoms with Crippen molar-refractivity contribution in [2.45, 2.75) is 51.9 Å². The number of hydrogen-bond donors (Lipinski definition) is 0. The lowest BCUT2D eigenvalue weighted by atomic mass is 10.1. The highest BCUT2D eigenvalue weighted by atomic mass is 16.3. The fraction of sp³-hybridized carbons (Fsp3) is 0.444. The fourth-order valence-electron chi connectivity index (χ4n) is 1.65. The van der Waals surface area contributed by atoms with Crippen molar-refractivity contribution in [2.24, 2.45) is 0 Å². The molecule has 1 aromatic rings. The topological polar surface area (TPSA) is 13.1 Å². The molecule has 104 valence electrons. The van der Waals surface area contributed by atoms with Crippen molar-refractivity contribution in [3.05, 3.63) is 49.5 Å². The monoisotopic (exact) mass is 258 g/mol. The van der Waals surface area contributed by atoms with Crippen LogP contribution in [-0.2, 0) is 0 Å². The fourth-order valence-corrected chi connectivity index (χ4v) is 1.65. The van der Waals surface area contributed by atoms with E-state index >= 15 is 0 Å². The van der Waals surface area contributed by atoms with Crippen LogP contribution in [0.15, 0.2) is 48.1 Å². The zero-order chi connectivity index (χ0) is 14.2. The predicted octanol–water partition coefficient (Wildman–Crippen LogP) is 5.74. The van der Waals surface area contributed by atoms with Crippen LogP contribution in [0, 0.1) is 11.8 Å². The molecule has 0 saturated carbocycles. The Morgan fingerprint density at radius 1 is 1.16 bits per heavy atom. The Hall–Kier alpha value is -1.68. The summed E-state index contributed by atoms with van der Waals surface area (Å²) in [4.78, 5) is 0. The summed E-state index contributed by atoms with van der Waals surface area (Å²) in [5, 5.41) is 0. The average Bonchev–Trinajstić information content (AvgIpc) is 2.96. The molecule has 0 aliphatic carbocycles. The first-order valence-electron chi connectivity index (χ1n) is 7.13. The van der Waals surface area contributed by atoms with Crippen molar-refractivity contribution in [3.8, 4) is 11.8 Å². The molecule has 1 aromatic heterocycles. The summed E-state index contributed by atoms with van der Waals surface area (Å²) in [5.41, 5.74) is 0. The molecular formula is C18H26O. The summed E-state index contributed by atoms with van der Waals surface area (Å²) in [6, 6.07) is 3.72. The molecular weight excluding hydrogens is 232 g/mol. The van der Waals surface area contributed by atoms with Crippen molar-refractivity contribution in [2.75, 3.05) is 0 Å². The van der Waals surface area contributed by atoms with Crippen LogP contribution in [0.4, 0.5) is 0 Å². The second kappa shape index (κ2) is 14.4. The molecule has 1 heteroatoms. The van der Waals surface area contributed by atoms with E-state index in [4.69, 9.17) is 4.42 Å². The number of hydrogen-bond acceptors (Lipinski definition) is 1. The van der Waals surface area contributed by atoms with Crippen LogP contribution in [-0.4, -0.2) is 0 Å². The summed E-state index contributed by atoms with van der Waals surface area (Å²) in [7, 11) is 0. The highest BCUT2D eigenvalue weighted by molar-refractivity contribution is 5.29. The molecule has 1 rings (SSSR count). The van der Waals surface area contributed by atoms with Crippen LogP contribution in [0.25, 0.3) is 0 Å². The van der Waals surface area contributed by atoms with E-state index in [-0.39, 0.29) is 0 Å². The normalized spacial score (nSPS) is 9.53. The Morgan fingerprint density at radius 3 is 2.58 bits per heavy atom. The summed E-state index contributed by atoms with van der Waals surface area (Å²) < 4.78 is 5.11. The molecule has 0 N–H and O–H groups in total. The van der Waals surface area contributed by atoms with E-state index in [0.717, 1.165) is 12.2 Å². The van der Waals surface area contributed by atoms with Gasteiger partial charge in [-0.1, -0.05) is 51.0 Å². The summed E-state index contributed by atoms with van der Waals surface area (Å²) in [6.45, 7) is 8.25. The Balaban J connectivity index is 0.00000154. The molecule has 0 spiro atoms. The number of rotatable bonds is 7. The van der Waals surface area contributed by atoms with Crippen molar-refractivity contribution >= 4 is 0 Å². The third-order valence-corrected chi connectivity index (χ3v) is 2.64. The van der Waals surface area contributed by atoms with Crippen molar-refractivity contribution in [3.63, 3.8) is 0 Å². The maximum Gasteiger partial charge on any atom is 0.176 e. The standard InChI is InChI=1S/C16H22O.C2H4/c1-2-3-4-5-6-7-8-9-10-11-13-16-14-12-15-17-16;1-2/h9-10,12,14-15H,2-8H2,1H3;1-2H2/b10-9-;. The average molecular weight is 258 g/mol. The largest absolute Gasteiger partial charge is 0.456 e. The smallest absolute Gasteiger partial charge is 0.176 e. The molecule has 0 unspecified atom stereocenters. The first kappa shape index (κ1) is 17.3. The zero-order valence-electron chi connectivity index (χ0n) is 12.2. The molecule has 1 heterocycles. The number of unbranched alkanes of at least 4 members (excludes halogenated alkanes) is 6. The molecule has 19 heavy (non-hydrogen) atoms. The Labute approximate surface area is 118 Å². The maximum atomic E-state index is 5.11. The number of allylic oxidation sites excluding steroid dienone is 2. The Kier molecular flexibility index (Phi) is 13.1. The third-order valence-electron chi connectivity index (χ3n) is 2.64. The maximum absolute atomic E-state index is 5.11. The van der Waals surface area contributed by atoms with Gasteiger partial charge in [-0.3, -0.25) is 0 Å². The minimum absolute atomic E-state index is 0.731. The highest BCUT2D eigenvalue weighted by Crippen LogP contribution is 2.06. The second-order valence-corrected chi connectivity index (χ2v) is 4.21. The third kappa shape index (κ3) is 11.2. The number of furan rings is 1. The van der Waals surface area contributed by atoms with Gasteiger partial charge in [-0.25, -0.2) is 0 Å². The molecule has 0 aromatic carbocycles. The van der Waals surface area contributed by atoms with Crippen molar-refractivity contribution < 1.29 is 4.42 Å². The van der Waals surface area contributed by atoms with E-state index in [2.05, 4.69) is 38.0 Å². The lowest BCUT2D eigenvalue weighted by Crippen LogP contribution is -1.77. The molecule has 1 nitrogen and oxygen atoms in total. The van der Waals surface area contributed by atoms with E-state index < -0.39 is 0 Å². The quantitative estimate of drug-likeness (QED) is 0.345. The first-order valence-corrected chi connectivity index (χ1v) is 7.13. The lowest BCUT2D eigenvalue weighted by Gasteiger charge is -1.96. The van der Waals surface area contributed by atoms with Crippen LogP contribution in [0.1, 0.15) is 57.6 Å². The molecule has 0 saturated heterocycles. The van der Waals surface area contributed by atoms with Crippen LogP contribution < -0.4 is 0 Å². The van der Waals surface area contributed by atoms with Gasteiger partial charge < -0.3 is 4.42 Å². The van der Waals surface area contributed by atoms with E-state index in [9.17, 15) is 0 Å². The molecule has 0 bridgehead atoms. The summed E-state index contributed by atoms with van der Waals surface area (Å²) >= 11 is 0. The summed E-state index contributed by atoms with van der Waals surface area (Å²) in [6.07, 6.45) is 14.9. The SMILES string of the molecule is C=C.CCCCCCCC/C=C\C#Cc1ccco1. The first-order chi connectivity index (χ1) is 9.43. The minimum Gasteiger partial charge on any atom is -0.456 e. The van der Waals surface area contributed by atoms with E-state index in [1.807, 2.05) is 18.2 Å². The zero-order valence-corrected chi connectivity index (χ0v) is 12.2. The van der Waals surface area contributed by atoms with Gasteiger partial charge >= 0.3 is 0 Å². The van der Waals surface area contributed by atoms with Gasteiger partial charge in [-0.05, 0) is 37.0 Å². The van der Waals surface area contributed by atoms with E-state index in [1.54, 1.807) is 6.26 Å². The van der Waals surface area contributed by atoms with Gasteiger partial charge in [0.25, 0.3) is 0 Å². The van der Waals surface area contributed by atoms with Gasteiger partial charge in [0, 0.05) is 0 Å². The van der Waals surface area contributed by atoms with Gasteiger partial charge in [0.2, 0.25) is 0 Å². The van der Waals surface area contributed by atoms with Gasteiger partial charge in [-0.2, -0.15) is 0 Å². The molecule has 0 atom stereocenters. The van der Waals surface area contributed by atoms with E-state index in [1.165, 1.54) is 38.5 Å². The van der Waals surface area contributed by atoms with Gasteiger partial charge in [0.05, 0.1) is 6.26 Å².